The number of nitrogens with zero attached hydrogens (tertiary/aromatic N) is 4. The molecule has 1 amide bonds. The van der Waals surface area contributed by atoms with Crippen LogP contribution in [-0.2, 0) is 24.2 Å². The highest BCUT2D eigenvalue weighted by atomic mass is 35.5. The highest BCUT2D eigenvalue weighted by Gasteiger charge is 2.19. The Morgan fingerprint density at radius 2 is 1.94 bits per heavy atom. The summed E-state index contributed by atoms with van der Waals surface area (Å²) in [5.74, 6) is 0.0723. The fourth-order valence-electron chi connectivity index (χ4n) is 4.18. The molecule has 1 aliphatic heterocycles. The third-order valence-electron chi connectivity index (χ3n) is 5.93. The molecule has 0 saturated heterocycles. The molecule has 1 N–H and O–H groups in total. The molecule has 0 fully saturated rings. The minimum atomic E-state index is -0.742. The van der Waals surface area contributed by atoms with Crippen molar-refractivity contribution < 1.29 is 18.0 Å². The van der Waals surface area contributed by atoms with E-state index in [9.17, 15) is 13.6 Å². The maximum absolute atomic E-state index is 14.0. The van der Waals surface area contributed by atoms with Crippen LogP contribution in [-0.4, -0.2) is 25.7 Å². The van der Waals surface area contributed by atoms with Crippen molar-refractivity contribution in [3.63, 3.8) is 0 Å². The number of nitrogens with one attached hydrogen (secondary N) is 1. The van der Waals surface area contributed by atoms with Crippen molar-refractivity contribution in [2.75, 3.05) is 5.32 Å². The first-order valence-electron chi connectivity index (χ1n) is 11.4. The van der Waals surface area contributed by atoms with Crippen molar-refractivity contribution >= 4 is 23.2 Å². The van der Waals surface area contributed by atoms with Crippen molar-refractivity contribution in [2.45, 2.75) is 45.1 Å². The smallest absolute Gasteiger partial charge is 0.224 e. The number of oxazole rings is 1. The molecule has 0 radical (unpaired) electrons. The lowest BCUT2D eigenvalue weighted by molar-refractivity contribution is -0.116. The Morgan fingerprint density at radius 3 is 2.77 bits per heavy atom. The Hall–Kier alpha value is -3.59. The van der Waals surface area contributed by atoms with Crippen molar-refractivity contribution in [3.8, 4) is 22.7 Å². The molecule has 0 bridgehead atoms. The number of anilines is 1. The van der Waals surface area contributed by atoms with Crippen LogP contribution in [0.4, 0.5) is 14.5 Å². The first-order valence-corrected chi connectivity index (χ1v) is 11.8. The zero-order valence-electron chi connectivity index (χ0n) is 18.7. The lowest BCUT2D eigenvalue weighted by atomic mass is 10.1. The van der Waals surface area contributed by atoms with Crippen LogP contribution in [0.15, 0.2) is 47.0 Å². The third kappa shape index (κ3) is 4.95. The van der Waals surface area contributed by atoms with Gasteiger partial charge in [0.15, 0.2) is 17.5 Å². The fourth-order valence-corrected chi connectivity index (χ4v) is 4.38. The number of carbonyl (C=O) groups is 1. The molecule has 5 rings (SSSR count). The molecule has 0 unspecified atom stereocenters. The second-order valence-electron chi connectivity index (χ2n) is 8.36. The molecule has 2 aromatic carbocycles. The molecule has 1 aliphatic rings. The Labute approximate surface area is 205 Å². The van der Waals surface area contributed by atoms with Gasteiger partial charge in [0, 0.05) is 37.1 Å². The van der Waals surface area contributed by atoms with Gasteiger partial charge in [-0.3, -0.25) is 4.79 Å². The maximum atomic E-state index is 14.0. The lowest BCUT2D eigenvalue weighted by Crippen LogP contribution is -2.12. The predicted molar refractivity (Wildman–Crippen MR) is 127 cm³/mol. The Balaban J connectivity index is 1.26. The third-order valence-corrected chi connectivity index (χ3v) is 6.26. The van der Waals surface area contributed by atoms with E-state index in [0.717, 1.165) is 50.2 Å². The van der Waals surface area contributed by atoms with Crippen LogP contribution in [0.25, 0.3) is 22.7 Å². The average molecular weight is 498 g/mol. The highest BCUT2D eigenvalue weighted by Crippen LogP contribution is 2.31. The molecule has 2 aromatic heterocycles. The van der Waals surface area contributed by atoms with Crippen LogP contribution in [0.2, 0.25) is 5.02 Å². The summed E-state index contributed by atoms with van der Waals surface area (Å²) < 4.78 is 35.5. The van der Waals surface area contributed by atoms with E-state index in [4.69, 9.17) is 16.0 Å². The SMILES string of the molecule is O=C(CCc1ncc(-c2c(F)cccc2F)o1)Nc1ccc(Cl)c(-c2nnc3n2CCCCC3)c1. The van der Waals surface area contributed by atoms with E-state index in [1.54, 1.807) is 18.2 Å². The predicted octanol–water partition coefficient (Wildman–Crippen LogP) is 5.83. The molecular formula is C25H22ClF2N5O2. The van der Waals surface area contributed by atoms with E-state index in [-0.39, 0.29) is 36.0 Å². The number of aryl methyl sites for hydroxylation is 2. The van der Waals surface area contributed by atoms with Crippen LogP contribution < -0.4 is 5.32 Å². The normalized spacial score (nSPS) is 13.3. The molecule has 10 heteroatoms. The molecule has 0 saturated carbocycles. The topological polar surface area (TPSA) is 85.8 Å². The summed E-state index contributed by atoms with van der Waals surface area (Å²) in [6, 6.07) is 8.78. The van der Waals surface area contributed by atoms with Crippen molar-refractivity contribution in [2.24, 2.45) is 0 Å². The van der Waals surface area contributed by atoms with E-state index in [1.165, 1.54) is 12.3 Å². The Kier molecular flexibility index (Phi) is 6.59. The quantitative estimate of drug-likeness (QED) is 0.362. The van der Waals surface area contributed by atoms with Gasteiger partial charge >= 0.3 is 0 Å². The zero-order chi connectivity index (χ0) is 24.4. The van der Waals surface area contributed by atoms with Crippen LogP contribution >= 0.6 is 11.6 Å². The first-order chi connectivity index (χ1) is 17.0. The first kappa shape index (κ1) is 23.2. The zero-order valence-corrected chi connectivity index (χ0v) is 19.5. The molecule has 180 valence electrons. The second-order valence-corrected chi connectivity index (χ2v) is 8.77. The molecule has 0 atom stereocenters. The fraction of sp³-hybridized carbons (Fsp3) is 0.280. The second kappa shape index (κ2) is 9.95. The van der Waals surface area contributed by atoms with Crippen molar-refractivity contribution in [1.82, 2.24) is 19.7 Å². The average Bonchev–Trinajstić information content (AvgIpc) is 3.39. The number of hydrogen-bond acceptors (Lipinski definition) is 5. The molecule has 0 aliphatic carbocycles. The minimum Gasteiger partial charge on any atom is -0.441 e. The van der Waals surface area contributed by atoms with E-state index >= 15 is 0 Å². The number of carbonyl (C=O) groups excluding carboxylic acids is 1. The van der Waals surface area contributed by atoms with Gasteiger partial charge in [-0.05, 0) is 43.2 Å². The number of hydrogen-bond donors (Lipinski definition) is 1. The van der Waals surface area contributed by atoms with Gasteiger partial charge in [-0.1, -0.05) is 24.1 Å². The van der Waals surface area contributed by atoms with E-state index in [2.05, 4.69) is 25.1 Å². The molecule has 4 aromatic rings. The minimum absolute atomic E-state index is 0.0224. The summed E-state index contributed by atoms with van der Waals surface area (Å²) in [5, 5.41) is 12.0. The van der Waals surface area contributed by atoms with Gasteiger partial charge in [0.1, 0.15) is 17.5 Å². The largest absolute Gasteiger partial charge is 0.441 e. The Morgan fingerprint density at radius 1 is 1.11 bits per heavy atom. The number of fused-ring (bicyclic) bond motifs is 1. The van der Waals surface area contributed by atoms with Gasteiger partial charge in [-0.15, -0.1) is 10.2 Å². The molecule has 0 spiro atoms. The molecule has 35 heavy (non-hydrogen) atoms. The van der Waals surface area contributed by atoms with E-state index < -0.39 is 11.6 Å². The molecular weight excluding hydrogens is 476 g/mol. The number of rotatable bonds is 6. The summed E-state index contributed by atoms with van der Waals surface area (Å²) in [6.45, 7) is 0.833. The van der Waals surface area contributed by atoms with Crippen LogP contribution in [0.5, 0.6) is 0 Å². The summed E-state index contributed by atoms with van der Waals surface area (Å²) in [5.41, 5.74) is 0.993. The summed E-state index contributed by atoms with van der Waals surface area (Å²) >= 11 is 6.46. The van der Waals surface area contributed by atoms with Gasteiger partial charge in [-0.25, -0.2) is 13.8 Å². The van der Waals surface area contributed by atoms with Crippen LogP contribution in [0, 0.1) is 11.6 Å². The van der Waals surface area contributed by atoms with Crippen LogP contribution in [0.3, 0.4) is 0 Å². The van der Waals surface area contributed by atoms with E-state index in [0.29, 0.717) is 22.1 Å². The van der Waals surface area contributed by atoms with E-state index in [1.807, 2.05) is 0 Å². The molecule has 7 nitrogen and oxygen atoms in total. The Bertz CT molecular complexity index is 1360. The monoisotopic (exact) mass is 497 g/mol. The summed E-state index contributed by atoms with van der Waals surface area (Å²) in [7, 11) is 0. The van der Waals surface area contributed by atoms with Gasteiger partial charge in [0.05, 0.1) is 16.8 Å². The summed E-state index contributed by atoms with van der Waals surface area (Å²) in [6.07, 6.45) is 5.65. The van der Waals surface area contributed by atoms with Crippen molar-refractivity contribution in [3.05, 3.63) is 71.0 Å². The standard InChI is InChI=1S/C25H22ClF2N5O2/c26-17-9-8-15(13-16(17)25-32-31-21-7-2-1-3-12-33(21)25)30-22(34)10-11-23-29-14-20(35-23)24-18(27)5-4-6-19(24)28/h4-6,8-9,13-14H,1-3,7,10-12H2,(H,30,34). The van der Waals surface area contributed by atoms with Crippen LogP contribution in [0.1, 0.15) is 37.4 Å². The number of amides is 1. The van der Waals surface area contributed by atoms with Crippen molar-refractivity contribution in [1.29, 1.82) is 0 Å². The summed E-state index contributed by atoms with van der Waals surface area (Å²) in [4.78, 5) is 16.6. The van der Waals surface area contributed by atoms with Gasteiger partial charge in [-0.2, -0.15) is 0 Å². The van der Waals surface area contributed by atoms with Gasteiger partial charge in [0.2, 0.25) is 5.91 Å². The highest BCUT2D eigenvalue weighted by molar-refractivity contribution is 6.33. The number of halogens is 3. The molecule has 3 heterocycles. The van der Waals surface area contributed by atoms with Gasteiger partial charge in [0.25, 0.3) is 0 Å². The van der Waals surface area contributed by atoms with Gasteiger partial charge < -0.3 is 14.3 Å². The lowest BCUT2D eigenvalue weighted by Gasteiger charge is -2.11. The number of benzene rings is 2. The maximum Gasteiger partial charge on any atom is 0.224 e. The number of aromatic nitrogens is 4.